The summed E-state index contributed by atoms with van der Waals surface area (Å²) in [4.78, 5) is 15.2. The lowest BCUT2D eigenvalue weighted by Gasteiger charge is -2.33. The molecule has 1 aromatic heterocycles. The Morgan fingerprint density at radius 3 is 3.18 bits per heavy atom. The van der Waals surface area contributed by atoms with Crippen LogP contribution in [-0.4, -0.2) is 43.7 Å². The van der Waals surface area contributed by atoms with Crippen molar-refractivity contribution in [1.29, 1.82) is 0 Å². The van der Waals surface area contributed by atoms with Crippen LogP contribution in [0.25, 0.3) is 0 Å². The van der Waals surface area contributed by atoms with Gasteiger partial charge < -0.3 is 10.1 Å². The molecule has 2 rings (SSSR count). The number of rotatable bonds is 3. The predicted octanol–water partition coefficient (Wildman–Crippen LogP) is 1.46. The highest BCUT2D eigenvalue weighted by Crippen LogP contribution is 2.24. The van der Waals surface area contributed by atoms with Crippen molar-refractivity contribution in [3.05, 3.63) is 20.8 Å². The van der Waals surface area contributed by atoms with Crippen molar-refractivity contribution < 1.29 is 9.53 Å². The molecule has 1 amide bonds. The maximum absolute atomic E-state index is 11.7. The summed E-state index contributed by atoms with van der Waals surface area (Å²) in [6, 6.07) is 3.95. The van der Waals surface area contributed by atoms with Gasteiger partial charge >= 0.3 is 0 Å². The van der Waals surface area contributed by atoms with Gasteiger partial charge in [0.2, 0.25) is 5.91 Å². The molecule has 0 spiro atoms. The Balaban J connectivity index is 2.03. The zero-order valence-electron chi connectivity index (χ0n) is 9.61. The minimum Gasteiger partial charge on any atom is -0.378 e. The zero-order valence-corrected chi connectivity index (χ0v) is 12.0. The first-order valence-corrected chi connectivity index (χ1v) is 7.09. The van der Waals surface area contributed by atoms with Gasteiger partial charge in [0.1, 0.15) is 6.04 Å². The molecule has 0 radical (unpaired) electrons. The lowest BCUT2D eigenvalue weighted by Crippen LogP contribution is -2.52. The second-order valence-corrected chi connectivity index (χ2v) is 6.43. The molecule has 1 aliphatic rings. The van der Waals surface area contributed by atoms with Gasteiger partial charge in [-0.1, -0.05) is 0 Å². The van der Waals surface area contributed by atoms with Gasteiger partial charge in [0.05, 0.1) is 17.0 Å². The molecule has 4 nitrogen and oxygen atoms in total. The fourth-order valence-electron chi connectivity index (χ4n) is 1.87. The van der Waals surface area contributed by atoms with Gasteiger partial charge in [-0.05, 0) is 28.1 Å². The molecular formula is C11H15BrN2O2S. The molecule has 0 saturated carbocycles. The van der Waals surface area contributed by atoms with Gasteiger partial charge in [0, 0.05) is 25.0 Å². The number of hydrogen-bond acceptors (Lipinski definition) is 4. The van der Waals surface area contributed by atoms with Crippen molar-refractivity contribution in [2.24, 2.45) is 0 Å². The molecule has 1 fully saturated rings. The number of morpholine rings is 1. The monoisotopic (exact) mass is 318 g/mol. The van der Waals surface area contributed by atoms with Crippen LogP contribution in [0.5, 0.6) is 0 Å². The fourth-order valence-corrected chi connectivity index (χ4v) is 3.38. The van der Waals surface area contributed by atoms with Gasteiger partial charge in [-0.2, -0.15) is 0 Å². The normalized spacial score (nSPS) is 21.4. The van der Waals surface area contributed by atoms with Crippen LogP contribution in [0.3, 0.4) is 0 Å². The van der Waals surface area contributed by atoms with Crippen LogP contribution in [-0.2, 0) is 16.1 Å². The Kier molecular flexibility index (Phi) is 4.55. The maximum atomic E-state index is 11.7. The van der Waals surface area contributed by atoms with Crippen LogP contribution in [0.4, 0.5) is 0 Å². The molecule has 17 heavy (non-hydrogen) atoms. The van der Waals surface area contributed by atoms with Crippen LogP contribution < -0.4 is 5.32 Å². The van der Waals surface area contributed by atoms with Gasteiger partial charge in [0.25, 0.3) is 0 Å². The van der Waals surface area contributed by atoms with E-state index in [1.807, 2.05) is 6.07 Å². The first-order valence-electron chi connectivity index (χ1n) is 5.48. The summed E-state index contributed by atoms with van der Waals surface area (Å²) in [5.41, 5.74) is 0. The first-order chi connectivity index (χ1) is 8.20. The van der Waals surface area contributed by atoms with Gasteiger partial charge in [-0.25, -0.2) is 0 Å². The molecule has 1 aliphatic heterocycles. The molecule has 94 valence electrons. The molecule has 1 aromatic rings. The highest BCUT2D eigenvalue weighted by molar-refractivity contribution is 9.11. The predicted molar refractivity (Wildman–Crippen MR) is 71.1 cm³/mol. The molecule has 1 N–H and O–H groups in total. The molecular weight excluding hydrogens is 304 g/mol. The standard InChI is InChI=1S/C11H15BrN2O2S/c1-13-11(15)9-7-16-5-4-14(9)6-8-2-3-10(12)17-8/h2-3,9H,4-7H2,1H3,(H,13,15). The van der Waals surface area contributed by atoms with E-state index in [-0.39, 0.29) is 11.9 Å². The number of thiophene rings is 1. The summed E-state index contributed by atoms with van der Waals surface area (Å²) >= 11 is 5.16. The highest BCUT2D eigenvalue weighted by atomic mass is 79.9. The minimum atomic E-state index is -0.172. The third-order valence-electron chi connectivity index (χ3n) is 2.78. The van der Waals surface area contributed by atoms with Gasteiger partial charge in [-0.3, -0.25) is 9.69 Å². The third kappa shape index (κ3) is 3.28. The molecule has 2 heterocycles. The largest absolute Gasteiger partial charge is 0.378 e. The van der Waals surface area contributed by atoms with Crippen LogP contribution in [0.2, 0.25) is 0 Å². The van der Waals surface area contributed by atoms with Crippen LogP contribution in [0.1, 0.15) is 4.88 Å². The molecule has 6 heteroatoms. The average molecular weight is 319 g/mol. The number of carbonyl (C=O) groups excluding carboxylic acids is 1. The molecule has 1 atom stereocenters. The van der Waals surface area contributed by atoms with E-state index < -0.39 is 0 Å². The lowest BCUT2D eigenvalue weighted by molar-refractivity contribution is -0.132. The van der Waals surface area contributed by atoms with E-state index in [0.717, 1.165) is 16.9 Å². The van der Waals surface area contributed by atoms with Crippen molar-refractivity contribution in [3.8, 4) is 0 Å². The van der Waals surface area contributed by atoms with E-state index in [1.54, 1.807) is 18.4 Å². The molecule has 0 aliphatic carbocycles. The van der Waals surface area contributed by atoms with Crippen molar-refractivity contribution in [3.63, 3.8) is 0 Å². The average Bonchev–Trinajstić information content (AvgIpc) is 2.74. The lowest BCUT2D eigenvalue weighted by atomic mass is 10.2. The number of likely N-dealkylation sites (N-methyl/N-ethyl adjacent to an activating group) is 1. The van der Waals surface area contributed by atoms with Crippen LogP contribution in [0.15, 0.2) is 15.9 Å². The molecule has 1 unspecified atom stereocenters. The number of halogens is 1. The Hall–Kier alpha value is -0.430. The number of ether oxygens (including phenoxy) is 1. The second-order valence-electron chi connectivity index (χ2n) is 3.88. The first kappa shape index (κ1) is 13.0. The minimum absolute atomic E-state index is 0.0281. The maximum Gasteiger partial charge on any atom is 0.239 e. The van der Waals surface area contributed by atoms with Crippen LogP contribution >= 0.6 is 27.3 Å². The summed E-state index contributed by atoms with van der Waals surface area (Å²) in [5.74, 6) is 0.0281. The Morgan fingerprint density at radius 1 is 1.71 bits per heavy atom. The number of nitrogens with zero attached hydrogens (tertiary/aromatic N) is 1. The van der Waals surface area contributed by atoms with E-state index in [4.69, 9.17) is 4.74 Å². The van der Waals surface area contributed by atoms with E-state index in [1.165, 1.54) is 4.88 Å². The van der Waals surface area contributed by atoms with Crippen molar-refractivity contribution in [2.75, 3.05) is 26.8 Å². The summed E-state index contributed by atoms with van der Waals surface area (Å²) < 4.78 is 6.49. The zero-order chi connectivity index (χ0) is 12.3. The summed E-state index contributed by atoms with van der Waals surface area (Å²) in [6.07, 6.45) is 0. The van der Waals surface area contributed by atoms with E-state index >= 15 is 0 Å². The SMILES string of the molecule is CNC(=O)C1COCCN1Cc1ccc(Br)s1. The summed E-state index contributed by atoms with van der Waals surface area (Å²) in [6.45, 7) is 2.78. The number of hydrogen-bond donors (Lipinski definition) is 1. The number of amides is 1. The quantitative estimate of drug-likeness (QED) is 0.917. The van der Waals surface area contributed by atoms with E-state index in [9.17, 15) is 4.79 Å². The second kappa shape index (κ2) is 5.95. The Bertz CT molecular complexity index is 397. The van der Waals surface area contributed by atoms with Crippen LogP contribution in [0, 0.1) is 0 Å². The Labute approximate surface area is 113 Å². The molecule has 1 saturated heterocycles. The van der Waals surface area contributed by atoms with E-state index in [2.05, 4.69) is 32.2 Å². The number of carbonyl (C=O) groups is 1. The van der Waals surface area contributed by atoms with Gasteiger partial charge in [-0.15, -0.1) is 11.3 Å². The smallest absolute Gasteiger partial charge is 0.239 e. The Morgan fingerprint density at radius 2 is 2.53 bits per heavy atom. The van der Waals surface area contributed by atoms with Gasteiger partial charge in [0.15, 0.2) is 0 Å². The van der Waals surface area contributed by atoms with Crippen molar-refractivity contribution >= 4 is 33.2 Å². The molecule has 0 aromatic carbocycles. The van der Waals surface area contributed by atoms with Crippen molar-refractivity contribution in [2.45, 2.75) is 12.6 Å². The molecule has 0 bridgehead atoms. The highest BCUT2D eigenvalue weighted by Gasteiger charge is 2.28. The summed E-state index contributed by atoms with van der Waals surface area (Å²) in [5, 5.41) is 2.69. The topological polar surface area (TPSA) is 41.6 Å². The van der Waals surface area contributed by atoms with Crippen molar-refractivity contribution in [1.82, 2.24) is 10.2 Å². The summed E-state index contributed by atoms with van der Waals surface area (Å²) in [7, 11) is 1.66. The van der Waals surface area contributed by atoms with E-state index in [0.29, 0.717) is 13.2 Å². The number of nitrogens with one attached hydrogen (secondary N) is 1. The third-order valence-corrected chi connectivity index (χ3v) is 4.38. The fraction of sp³-hybridized carbons (Fsp3) is 0.545.